The van der Waals surface area contributed by atoms with Crippen LogP contribution >= 0.6 is 0 Å². The van der Waals surface area contributed by atoms with Gasteiger partial charge in [0.15, 0.2) is 0 Å². The molecule has 1 rings (SSSR count). The Bertz CT molecular complexity index is 273. The molecule has 2 heteroatoms. The van der Waals surface area contributed by atoms with Crippen LogP contribution in [0.2, 0.25) is 0 Å². The monoisotopic (exact) mass is 268 g/mol. The molecular weight excluding hydrogens is 236 g/mol. The summed E-state index contributed by atoms with van der Waals surface area (Å²) in [5, 5.41) is 0. The first kappa shape index (κ1) is 16.5. The fraction of sp³-hybridized carbons (Fsp3) is 0.941. The molecule has 0 aromatic rings. The fourth-order valence-electron chi connectivity index (χ4n) is 3.50. The van der Waals surface area contributed by atoms with E-state index in [1.165, 1.54) is 19.3 Å². The van der Waals surface area contributed by atoms with Crippen LogP contribution in [0, 0.1) is 16.7 Å². The second kappa shape index (κ2) is 6.28. The summed E-state index contributed by atoms with van der Waals surface area (Å²) in [6.45, 7) is 13.3. The lowest BCUT2D eigenvalue weighted by molar-refractivity contribution is -0.154. The summed E-state index contributed by atoms with van der Waals surface area (Å²) in [5.41, 5.74) is 0.258. The van der Waals surface area contributed by atoms with Crippen LogP contribution in [0.3, 0.4) is 0 Å². The third-order valence-corrected chi connectivity index (χ3v) is 4.31. The Labute approximate surface area is 119 Å². The summed E-state index contributed by atoms with van der Waals surface area (Å²) in [4.78, 5) is 12.2. The SMILES string of the molecule is CC(C)(C)C(CC(=O)OC1CCCCC1)C(C)(C)C. The number of rotatable bonds is 3. The number of carbonyl (C=O) groups excluding carboxylic acids is 1. The van der Waals surface area contributed by atoms with E-state index in [0.29, 0.717) is 12.3 Å². The van der Waals surface area contributed by atoms with E-state index >= 15 is 0 Å². The zero-order chi connectivity index (χ0) is 14.7. The quantitative estimate of drug-likeness (QED) is 0.676. The van der Waals surface area contributed by atoms with Crippen LogP contribution in [-0.2, 0) is 9.53 Å². The summed E-state index contributed by atoms with van der Waals surface area (Å²) < 4.78 is 5.67. The lowest BCUT2D eigenvalue weighted by atomic mass is 9.65. The van der Waals surface area contributed by atoms with Crippen LogP contribution in [-0.4, -0.2) is 12.1 Å². The molecule has 0 heterocycles. The van der Waals surface area contributed by atoms with Crippen molar-refractivity contribution >= 4 is 5.97 Å². The minimum atomic E-state index is 0.00162. The van der Waals surface area contributed by atoms with Gasteiger partial charge in [0, 0.05) is 6.42 Å². The maximum Gasteiger partial charge on any atom is 0.306 e. The Balaban J connectivity index is 2.56. The Morgan fingerprint density at radius 3 is 1.89 bits per heavy atom. The molecule has 0 atom stereocenters. The standard InChI is InChI=1S/C17H32O2/c1-16(2,3)14(17(4,5)6)12-15(18)19-13-10-8-7-9-11-13/h13-14H,7-12H2,1-6H3. The zero-order valence-corrected chi connectivity index (χ0v) is 13.7. The van der Waals surface area contributed by atoms with Crippen LogP contribution in [0.5, 0.6) is 0 Å². The first-order valence-corrected chi connectivity index (χ1v) is 7.80. The number of hydrogen-bond acceptors (Lipinski definition) is 2. The Morgan fingerprint density at radius 2 is 1.47 bits per heavy atom. The molecule has 0 amide bonds. The maximum atomic E-state index is 12.2. The van der Waals surface area contributed by atoms with Gasteiger partial charge in [-0.2, -0.15) is 0 Å². The van der Waals surface area contributed by atoms with Crippen LogP contribution in [0.15, 0.2) is 0 Å². The summed E-state index contributed by atoms with van der Waals surface area (Å²) in [7, 11) is 0. The highest BCUT2D eigenvalue weighted by atomic mass is 16.5. The van der Waals surface area contributed by atoms with E-state index in [-0.39, 0.29) is 22.9 Å². The minimum Gasteiger partial charge on any atom is -0.462 e. The van der Waals surface area contributed by atoms with Gasteiger partial charge < -0.3 is 4.74 Å². The molecule has 1 aliphatic carbocycles. The molecule has 0 aromatic carbocycles. The third-order valence-electron chi connectivity index (χ3n) is 4.31. The maximum absolute atomic E-state index is 12.2. The lowest BCUT2D eigenvalue weighted by Crippen LogP contribution is -2.35. The van der Waals surface area contributed by atoms with E-state index in [4.69, 9.17) is 4.74 Å². The van der Waals surface area contributed by atoms with Gasteiger partial charge in [-0.25, -0.2) is 0 Å². The largest absolute Gasteiger partial charge is 0.462 e. The van der Waals surface area contributed by atoms with Gasteiger partial charge in [0.2, 0.25) is 0 Å². The van der Waals surface area contributed by atoms with Crippen LogP contribution in [0.1, 0.15) is 80.1 Å². The van der Waals surface area contributed by atoms with Crippen molar-refractivity contribution < 1.29 is 9.53 Å². The topological polar surface area (TPSA) is 26.3 Å². The Morgan fingerprint density at radius 1 is 1.00 bits per heavy atom. The van der Waals surface area contributed by atoms with Gasteiger partial charge in [-0.1, -0.05) is 48.0 Å². The number of esters is 1. The van der Waals surface area contributed by atoms with Gasteiger partial charge in [0.05, 0.1) is 0 Å². The molecule has 0 N–H and O–H groups in total. The highest BCUT2D eigenvalue weighted by Gasteiger charge is 2.37. The normalized spacial score (nSPS) is 18.7. The molecule has 19 heavy (non-hydrogen) atoms. The van der Waals surface area contributed by atoms with Crippen molar-refractivity contribution in [2.75, 3.05) is 0 Å². The van der Waals surface area contributed by atoms with Crippen molar-refractivity contribution in [1.29, 1.82) is 0 Å². The molecule has 1 saturated carbocycles. The van der Waals surface area contributed by atoms with E-state index < -0.39 is 0 Å². The molecule has 0 spiro atoms. The average molecular weight is 268 g/mol. The molecule has 0 aliphatic heterocycles. The van der Waals surface area contributed by atoms with Crippen molar-refractivity contribution in [2.45, 2.75) is 86.2 Å². The summed E-state index contributed by atoms with van der Waals surface area (Å²) in [6.07, 6.45) is 6.55. The van der Waals surface area contributed by atoms with E-state index in [9.17, 15) is 4.79 Å². The van der Waals surface area contributed by atoms with Crippen molar-refractivity contribution in [1.82, 2.24) is 0 Å². The van der Waals surface area contributed by atoms with Gasteiger partial charge in [0.25, 0.3) is 0 Å². The highest BCUT2D eigenvalue weighted by molar-refractivity contribution is 5.70. The first-order chi connectivity index (χ1) is 8.60. The zero-order valence-electron chi connectivity index (χ0n) is 13.7. The second-order valence-corrected chi connectivity index (χ2v) is 8.24. The van der Waals surface area contributed by atoms with Gasteiger partial charge in [-0.05, 0) is 42.4 Å². The average Bonchev–Trinajstić information content (AvgIpc) is 2.24. The molecule has 0 bridgehead atoms. The molecule has 0 saturated heterocycles. The Kier molecular flexibility index (Phi) is 5.46. The Hall–Kier alpha value is -0.530. The van der Waals surface area contributed by atoms with E-state index in [1.807, 2.05) is 0 Å². The predicted molar refractivity (Wildman–Crippen MR) is 80.0 cm³/mol. The summed E-state index contributed by atoms with van der Waals surface area (Å²) in [6, 6.07) is 0. The van der Waals surface area contributed by atoms with Gasteiger partial charge in [-0.15, -0.1) is 0 Å². The molecule has 0 aromatic heterocycles. The van der Waals surface area contributed by atoms with Crippen molar-refractivity contribution in [3.05, 3.63) is 0 Å². The van der Waals surface area contributed by atoms with Crippen molar-refractivity contribution in [3.8, 4) is 0 Å². The van der Waals surface area contributed by atoms with Crippen LogP contribution < -0.4 is 0 Å². The molecule has 2 nitrogen and oxygen atoms in total. The molecule has 1 aliphatic rings. The van der Waals surface area contributed by atoms with Gasteiger partial charge >= 0.3 is 5.97 Å². The minimum absolute atomic E-state index is 0.00162. The summed E-state index contributed by atoms with van der Waals surface area (Å²) >= 11 is 0. The van der Waals surface area contributed by atoms with Crippen LogP contribution in [0.4, 0.5) is 0 Å². The van der Waals surface area contributed by atoms with Crippen LogP contribution in [0.25, 0.3) is 0 Å². The second-order valence-electron chi connectivity index (χ2n) is 8.24. The number of ether oxygens (including phenoxy) is 1. The van der Waals surface area contributed by atoms with E-state index in [0.717, 1.165) is 12.8 Å². The molecular formula is C17H32O2. The highest BCUT2D eigenvalue weighted by Crippen LogP contribution is 2.42. The van der Waals surface area contributed by atoms with Gasteiger partial charge in [-0.3, -0.25) is 4.79 Å². The molecule has 0 unspecified atom stereocenters. The predicted octanol–water partition coefficient (Wildman–Crippen LogP) is 4.96. The molecule has 1 fully saturated rings. The number of carbonyl (C=O) groups is 1. The first-order valence-electron chi connectivity index (χ1n) is 7.80. The third kappa shape index (κ3) is 5.54. The number of hydrogen-bond donors (Lipinski definition) is 0. The molecule has 112 valence electrons. The smallest absolute Gasteiger partial charge is 0.306 e. The van der Waals surface area contributed by atoms with E-state index in [2.05, 4.69) is 41.5 Å². The fourth-order valence-corrected chi connectivity index (χ4v) is 3.50. The van der Waals surface area contributed by atoms with E-state index in [1.54, 1.807) is 0 Å². The van der Waals surface area contributed by atoms with Crippen molar-refractivity contribution in [2.24, 2.45) is 16.7 Å². The lowest BCUT2D eigenvalue weighted by Gasteiger charge is -2.40. The summed E-state index contributed by atoms with van der Waals surface area (Å²) in [5.74, 6) is 0.345. The van der Waals surface area contributed by atoms with Crippen molar-refractivity contribution in [3.63, 3.8) is 0 Å². The van der Waals surface area contributed by atoms with Gasteiger partial charge in [0.1, 0.15) is 6.10 Å². The molecule has 0 radical (unpaired) electrons.